The molecule has 0 bridgehead atoms. The van der Waals surface area contributed by atoms with Crippen molar-refractivity contribution in [1.82, 2.24) is 15.5 Å². The standard InChI is InChI=1S/C12H20N4O3/c13-9-10(8-2-3-8)15-16-11(9)12(18)14-4-1-6-19-7-5-17/h8,17H,1-7,13H2,(H,14,18)(H,15,16). The van der Waals surface area contributed by atoms with Crippen LogP contribution in [0.4, 0.5) is 5.69 Å². The molecule has 1 fully saturated rings. The number of nitrogens with two attached hydrogens (primary N) is 1. The van der Waals surface area contributed by atoms with Crippen molar-refractivity contribution in [3.63, 3.8) is 0 Å². The number of nitrogens with zero attached hydrogens (tertiary/aromatic N) is 1. The summed E-state index contributed by atoms with van der Waals surface area (Å²) < 4.78 is 5.09. The number of ether oxygens (including phenoxy) is 1. The molecule has 2 rings (SSSR count). The fourth-order valence-corrected chi connectivity index (χ4v) is 1.85. The van der Waals surface area contributed by atoms with Gasteiger partial charge in [0.1, 0.15) is 0 Å². The number of aliphatic hydroxyl groups is 1. The van der Waals surface area contributed by atoms with E-state index in [-0.39, 0.29) is 18.2 Å². The molecule has 0 saturated heterocycles. The first-order valence-corrected chi connectivity index (χ1v) is 6.54. The largest absolute Gasteiger partial charge is 0.395 e. The Kier molecular flexibility index (Phi) is 4.75. The number of anilines is 1. The van der Waals surface area contributed by atoms with Gasteiger partial charge in [-0.05, 0) is 19.3 Å². The van der Waals surface area contributed by atoms with Crippen molar-refractivity contribution in [3.05, 3.63) is 11.4 Å². The Morgan fingerprint density at radius 3 is 3.00 bits per heavy atom. The van der Waals surface area contributed by atoms with Gasteiger partial charge < -0.3 is 20.9 Å². The van der Waals surface area contributed by atoms with Crippen LogP contribution in [0.15, 0.2) is 0 Å². The molecule has 0 aromatic carbocycles. The lowest BCUT2D eigenvalue weighted by Crippen LogP contribution is -2.26. The number of H-pyrrole nitrogens is 1. The van der Waals surface area contributed by atoms with Gasteiger partial charge in [-0.15, -0.1) is 0 Å². The minimum atomic E-state index is -0.261. The Morgan fingerprint density at radius 1 is 1.53 bits per heavy atom. The van der Waals surface area contributed by atoms with Crippen LogP contribution < -0.4 is 11.1 Å². The van der Waals surface area contributed by atoms with Crippen LogP contribution in [0.5, 0.6) is 0 Å². The maximum Gasteiger partial charge on any atom is 0.273 e. The SMILES string of the molecule is Nc1c(C(=O)NCCCOCCO)n[nH]c1C1CC1. The summed E-state index contributed by atoms with van der Waals surface area (Å²) in [6.45, 7) is 1.34. The summed E-state index contributed by atoms with van der Waals surface area (Å²) in [6, 6.07) is 0. The van der Waals surface area contributed by atoms with Gasteiger partial charge in [0.2, 0.25) is 0 Å². The van der Waals surface area contributed by atoms with E-state index in [2.05, 4.69) is 15.5 Å². The third-order valence-corrected chi connectivity index (χ3v) is 3.02. The van der Waals surface area contributed by atoms with Gasteiger partial charge >= 0.3 is 0 Å². The van der Waals surface area contributed by atoms with E-state index in [1.807, 2.05) is 0 Å². The number of aromatic nitrogens is 2. The number of nitrogen functional groups attached to an aromatic ring is 1. The van der Waals surface area contributed by atoms with Crippen LogP contribution in [-0.4, -0.2) is 47.6 Å². The van der Waals surface area contributed by atoms with E-state index in [0.717, 1.165) is 18.5 Å². The number of carbonyl (C=O) groups excluding carboxylic acids is 1. The maximum atomic E-state index is 11.9. The molecule has 7 nitrogen and oxygen atoms in total. The third kappa shape index (κ3) is 3.68. The normalized spacial score (nSPS) is 14.6. The zero-order chi connectivity index (χ0) is 13.7. The summed E-state index contributed by atoms with van der Waals surface area (Å²) in [5.74, 6) is 0.184. The molecule has 1 aliphatic carbocycles. The second-order valence-corrected chi connectivity index (χ2v) is 4.62. The molecule has 1 heterocycles. The van der Waals surface area contributed by atoms with Gasteiger partial charge in [0.05, 0.1) is 24.6 Å². The quantitative estimate of drug-likeness (QED) is 0.496. The van der Waals surface area contributed by atoms with Gasteiger partial charge in [-0.25, -0.2) is 0 Å². The number of carbonyl (C=O) groups is 1. The Balaban J connectivity index is 1.73. The van der Waals surface area contributed by atoms with E-state index in [1.54, 1.807) is 0 Å². The summed E-state index contributed by atoms with van der Waals surface area (Å²) in [5, 5.41) is 18.1. The monoisotopic (exact) mass is 268 g/mol. The topological polar surface area (TPSA) is 113 Å². The van der Waals surface area contributed by atoms with Crippen LogP contribution in [-0.2, 0) is 4.74 Å². The molecule has 1 aromatic rings. The highest BCUT2D eigenvalue weighted by Gasteiger charge is 2.30. The molecule has 1 amide bonds. The fourth-order valence-electron chi connectivity index (χ4n) is 1.85. The van der Waals surface area contributed by atoms with Crippen LogP contribution >= 0.6 is 0 Å². The molecule has 0 unspecified atom stereocenters. The van der Waals surface area contributed by atoms with E-state index in [9.17, 15) is 4.79 Å². The lowest BCUT2D eigenvalue weighted by Gasteiger charge is -2.04. The zero-order valence-electron chi connectivity index (χ0n) is 10.8. The third-order valence-electron chi connectivity index (χ3n) is 3.02. The number of amides is 1. The van der Waals surface area contributed by atoms with E-state index in [0.29, 0.717) is 37.8 Å². The Bertz CT molecular complexity index is 429. The summed E-state index contributed by atoms with van der Waals surface area (Å²) in [6.07, 6.45) is 2.90. The summed E-state index contributed by atoms with van der Waals surface area (Å²) in [4.78, 5) is 11.9. The van der Waals surface area contributed by atoms with Crippen LogP contribution in [0, 0.1) is 0 Å². The summed E-state index contributed by atoms with van der Waals surface area (Å²) in [5.41, 5.74) is 7.54. The number of aliphatic hydroxyl groups excluding tert-OH is 1. The fraction of sp³-hybridized carbons (Fsp3) is 0.667. The van der Waals surface area contributed by atoms with Gasteiger partial charge in [-0.3, -0.25) is 9.89 Å². The lowest BCUT2D eigenvalue weighted by atomic mass is 10.2. The van der Waals surface area contributed by atoms with Gasteiger partial charge in [-0.2, -0.15) is 5.10 Å². The second kappa shape index (κ2) is 6.53. The van der Waals surface area contributed by atoms with Gasteiger partial charge in [-0.1, -0.05) is 0 Å². The molecule has 106 valence electrons. The lowest BCUT2D eigenvalue weighted by molar-refractivity contribution is 0.0866. The molecular formula is C12H20N4O3. The van der Waals surface area contributed by atoms with Crippen molar-refractivity contribution in [3.8, 4) is 0 Å². The molecule has 0 aliphatic heterocycles. The van der Waals surface area contributed by atoms with E-state index in [1.165, 1.54) is 0 Å². The van der Waals surface area contributed by atoms with Crippen LogP contribution in [0.1, 0.15) is 41.4 Å². The average Bonchev–Trinajstić information content (AvgIpc) is 3.17. The minimum Gasteiger partial charge on any atom is -0.395 e. The average molecular weight is 268 g/mol. The highest BCUT2D eigenvalue weighted by atomic mass is 16.5. The van der Waals surface area contributed by atoms with Crippen molar-refractivity contribution in [2.24, 2.45) is 0 Å². The first-order chi connectivity index (χ1) is 9.24. The predicted octanol–water partition coefficient (Wildman–Crippen LogP) is -0.00190. The molecular weight excluding hydrogens is 248 g/mol. The number of rotatable bonds is 8. The van der Waals surface area contributed by atoms with Crippen LogP contribution in [0.3, 0.4) is 0 Å². The van der Waals surface area contributed by atoms with E-state index < -0.39 is 0 Å². The molecule has 1 aromatic heterocycles. The number of hydrogen-bond acceptors (Lipinski definition) is 5. The number of hydrogen-bond donors (Lipinski definition) is 4. The Morgan fingerprint density at radius 2 is 2.32 bits per heavy atom. The number of aromatic amines is 1. The van der Waals surface area contributed by atoms with Gasteiger partial charge in [0.15, 0.2) is 5.69 Å². The second-order valence-electron chi connectivity index (χ2n) is 4.62. The van der Waals surface area contributed by atoms with E-state index in [4.69, 9.17) is 15.6 Å². The van der Waals surface area contributed by atoms with Gasteiger partial charge in [0, 0.05) is 19.1 Å². The Hall–Kier alpha value is -1.60. The molecule has 0 radical (unpaired) electrons. The van der Waals surface area contributed by atoms with Crippen LogP contribution in [0.25, 0.3) is 0 Å². The van der Waals surface area contributed by atoms with Crippen molar-refractivity contribution >= 4 is 11.6 Å². The first kappa shape index (κ1) is 13.8. The molecule has 5 N–H and O–H groups in total. The van der Waals surface area contributed by atoms with Gasteiger partial charge in [0.25, 0.3) is 5.91 Å². The zero-order valence-corrected chi connectivity index (χ0v) is 10.8. The molecule has 19 heavy (non-hydrogen) atoms. The highest BCUT2D eigenvalue weighted by molar-refractivity contribution is 5.97. The smallest absolute Gasteiger partial charge is 0.273 e. The van der Waals surface area contributed by atoms with Crippen molar-refractivity contribution in [1.29, 1.82) is 0 Å². The summed E-state index contributed by atoms with van der Waals surface area (Å²) >= 11 is 0. The molecule has 0 atom stereocenters. The predicted molar refractivity (Wildman–Crippen MR) is 69.8 cm³/mol. The number of nitrogens with one attached hydrogen (secondary N) is 2. The molecule has 1 saturated carbocycles. The van der Waals surface area contributed by atoms with Crippen molar-refractivity contribution in [2.45, 2.75) is 25.2 Å². The summed E-state index contributed by atoms with van der Waals surface area (Å²) in [7, 11) is 0. The van der Waals surface area contributed by atoms with Crippen molar-refractivity contribution < 1.29 is 14.6 Å². The minimum absolute atomic E-state index is 0.0140. The molecule has 0 spiro atoms. The first-order valence-electron chi connectivity index (χ1n) is 6.54. The van der Waals surface area contributed by atoms with Crippen LogP contribution in [0.2, 0.25) is 0 Å². The molecule has 7 heteroatoms. The van der Waals surface area contributed by atoms with Crippen molar-refractivity contribution in [2.75, 3.05) is 32.1 Å². The Labute approximate surface area is 111 Å². The highest BCUT2D eigenvalue weighted by Crippen LogP contribution is 2.42. The van der Waals surface area contributed by atoms with E-state index >= 15 is 0 Å². The molecule has 1 aliphatic rings. The maximum absolute atomic E-state index is 11.9.